The molecule has 0 aliphatic heterocycles. The highest BCUT2D eigenvalue weighted by molar-refractivity contribution is 6.17. The van der Waals surface area contributed by atoms with Crippen molar-refractivity contribution in [1.29, 1.82) is 0 Å². The lowest BCUT2D eigenvalue weighted by Crippen LogP contribution is -1.62. The Balaban J connectivity index is 0.000000202. The van der Waals surface area contributed by atoms with Crippen LogP contribution in [-0.2, 0) is 0 Å². The summed E-state index contributed by atoms with van der Waals surface area (Å²) in [6.45, 7) is 1.99. The molecule has 0 radical (unpaired) electrons. The Morgan fingerprint density at radius 1 is 1.25 bits per heavy atom. The Kier molecular flexibility index (Phi) is 9.48. The predicted molar refractivity (Wildman–Crippen MR) is 54.4 cm³/mol. The molecular weight excluding hydrogens is 170 g/mol. The largest absolute Gasteiger partial charge is 0.265 e. The van der Waals surface area contributed by atoms with E-state index in [9.17, 15) is 0 Å². The van der Waals surface area contributed by atoms with E-state index in [1.807, 2.05) is 37.3 Å². The molecule has 0 N–H and O–H groups in total. The van der Waals surface area contributed by atoms with Gasteiger partial charge in [-0.05, 0) is 25.5 Å². The fourth-order valence-corrected chi connectivity index (χ4v) is 0.668. The summed E-state index contributed by atoms with van der Waals surface area (Å²) < 4.78 is 0. The van der Waals surface area contributed by atoms with Crippen molar-refractivity contribution >= 4 is 11.6 Å². The Morgan fingerprint density at radius 2 is 1.92 bits per heavy atom. The van der Waals surface area contributed by atoms with Crippen LogP contribution in [0.1, 0.15) is 13.3 Å². The molecule has 0 atom stereocenters. The molecule has 1 aromatic heterocycles. The monoisotopic (exact) mass is 183 g/mol. The van der Waals surface area contributed by atoms with Gasteiger partial charge in [0.25, 0.3) is 0 Å². The zero-order valence-electron chi connectivity index (χ0n) is 7.28. The fourth-order valence-electron chi connectivity index (χ4n) is 0.542. The van der Waals surface area contributed by atoms with Gasteiger partial charge in [-0.2, -0.15) is 0 Å². The molecule has 0 aromatic carbocycles. The average molecular weight is 184 g/mol. The minimum atomic E-state index is 0.740. The molecule has 0 saturated carbocycles. The standard InChI is InChI=1S/C5H9Cl.C5H5N/c1-2-3-4-5-6;1-2-4-6-5-3-1/h2-3H,4-5H2,1H3;1-5H/b3-2+;. The van der Waals surface area contributed by atoms with Crippen LogP contribution < -0.4 is 0 Å². The van der Waals surface area contributed by atoms with Gasteiger partial charge in [-0.15, -0.1) is 11.6 Å². The Bertz CT molecular complexity index is 158. The maximum Gasteiger partial charge on any atom is 0.0267 e. The van der Waals surface area contributed by atoms with Crippen LogP contribution in [0.4, 0.5) is 0 Å². The molecule has 0 aliphatic rings. The van der Waals surface area contributed by atoms with Crippen molar-refractivity contribution in [3.8, 4) is 0 Å². The first-order valence-electron chi connectivity index (χ1n) is 3.94. The minimum absolute atomic E-state index is 0.740. The van der Waals surface area contributed by atoms with E-state index >= 15 is 0 Å². The highest BCUT2D eigenvalue weighted by Gasteiger charge is 1.67. The van der Waals surface area contributed by atoms with Crippen LogP contribution in [0.2, 0.25) is 0 Å². The SMILES string of the molecule is C/C=C/CCCl.c1ccncc1. The molecule has 0 bridgehead atoms. The predicted octanol–water partition coefficient (Wildman–Crippen LogP) is 3.27. The topological polar surface area (TPSA) is 12.9 Å². The van der Waals surface area contributed by atoms with Crippen molar-refractivity contribution in [2.75, 3.05) is 5.88 Å². The van der Waals surface area contributed by atoms with Gasteiger partial charge in [0.2, 0.25) is 0 Å². The lowest BCUT2D eigenvalue weighted by molar-refractivity contribution is 1.23. The number of hydrogen-bond acceptors (Lipinski definition) is 1. The second kappa shape index (κ2) is 10.2. The molecule has 1 heterocycles. The minimum Gasteiger partial charge on any atom is -0.265 e. The van der Waals surface area contributed by atoms with E-state index in [4.69, 9.17) is 11.6 Å². The fraction of sp³-hybridized carbons (Fsp3) is 0.300. The van der Waals surface area contributed by atoms with Gasteiger partial charge in [-0.25, -0.2) is 0 Å². The number of allylic oxidation sites excluding steroid dienone is 2. The van der Waals surface area contributed by atoms with Crippen molar-refractivity contribution in [2.24, 2.45) is 0 Å². The molecule has 0 saturated heterocycles. The molecule has 1 aromatic rings. The van der Waals surface area contributed by atoms with Crippen LogP contribution in [0.25, 0.3) is 0 Å². The summed E-state index contributed by atoms with van der Waals surface area (Å²) in [6, 6.07) is 5.72. The quantitative estimate of drug-likeness (QED) is 0.507. The maximum atomic E-state index is 5.33. The molecule has 12 heavy (non-hydrogen) atoms. The number of alkyl halides is 1. The van der Waals surface area contributed by atoms with Gasteiger partial charge in [-0.1, -0.05) is 18.2 Å². The average Bonchev–Trinajstić information content (AvgIpc) is 2.18. The van der Waals surface area contributed by atoms with Crippen LogP contribution in [-0.4, -0.2) is 10.9 Å². The molecule has 1 nitrogen and oxygen atoms in total. The van der Waals surface area contributed by atoms with Gasteiger partial charge >= 0.3 is 0 Å². The normalized spacial score (nSPS) is 9.17. The lowest BCUT2D eigenvalue weighted by atomic mass is 10.4. The van der Waals surface area contributed by atoms with Crippen molar-refractivity contribution in [2.45, 2.75) is 13.3 Å². The zero-order chi connectivity index (χ0) is 9.07. The smallest absolute Gasteiger partial charge is 0.0267 e. The summed E-state index contributed by atoms with van der Waals surface area (Å²) in [6.07, 6.45) is 8.55. The van der Waals surface area contributed by atoms with Crippen molar-refractivity contribution in [3.63, 3.8) is 0 Å². The van der Waals surface area contributed by atoms with Gasteiger partial charge < -0.3 is 0 Å². The first-order valence-corrected chi connectivity index (χ1v) is 4.47. The molecule has 2 heteroatoms. The summed E-state index contributed by atoms with van der Waals surface area (Å²) in [5.74, 6) is 0.740. The van der Waals surface area contributed by atoms with Gasteiger partial charge in [0.05, 0.1) is 0 Å². The van der Waals surface area contributed by atoms with Crippen molar-refractivity contribution in [1.82, 2.24) is 4.98 Å². The summed E-state index contributed by atoms with van der Waals surface area (Å²) >= 11 is 5.33. The van der Waals surface area contributed by atoms with E-state index in [2.05, 4.69) is 4.98 Å². The maximum absolute atomic E-state index is 5.33. The number of rotatable bonds is 2. The van der Waals surface area contributed by atoms with Crippen LogP contribution in [0.15, 0.2) is 42.7 Å². The van der Waals surface area contributed by atoms with Crippen LogP contribution in [0, 0.1) is 0 Å². The third-order valence-corrected chi connectivity index (χ3v) is 1.30. The Morgan fingerprint density at radius 3 is 2.08 bits per heavy atom. The molecule has 1 rings (SSSR count). The number of aromatic nitrogens is 1. The van der Waals surface area contributed by atoms with E-state index in [0.29, 0.717) is 0 Å². The van der Waals surface area contributed by atoms with Crippen LogP contribution >= 0.6 is 11.6 Å². The summed E-state index contributed by atoms with van der Waals surface area (Å²) in [7, 11) is 0. The molecule has 66 valence electrons. The molecule has 0 fully saturated rings. The highest BCUT2D eigenvalue weighted by atomic mass is 35.5. The van der Waals surface area contributed by atoms with Crippen molar-refractivity contribution in [3.05, 3.63) is 42.7 Å². The number of hydrogen-bond donors (Lipinski definition) is 0. The van der Waals surface area contributed by atoms with Crippen molar-refractivity contribution < 1.29 is 0 Å². The second-order valence-electron chi connectivity index (χ2n) is 2.07. The molecule has 0 spiro atoms. The van der Waals surface area contributed by atoms with Gasteiger partial charge in [0, 0.05) is 18.3 Å². The van der Waals surface area contributed by atoms with E-state index < -0.39 is 0 Å². The Hall–Kier alpha value is -0.820. The van der Waals surface area contributed by atoms with E-state index in [0.717, 1.165) is 12.3 Å². The van der Waals surface area contributed by atoms with Gasteiger partial charge in [0.15, 0.2) is 0 Å². The molecular formula is C10H14ClN. The van der Waals surface area contributed by atoms with Crippen LogP contribution in [0.3, 0.4) is 0 Å². The number of halogens is 1. The highest BCUT2D eigenvalue weighted by Crippen LogP contribution is 1.83. The molecule has 0 aliphatic carbocycles. The first-order chi connectivity index (χ1) is 5.91. The number of pyridine rings is 1. The van der Waals surface area contributed by atoms with E-state index in [1.165, 1.54) is 0 Å². The third-order valence-electron chi connectivity index (χ3n) is 1.08. The summed E-state index contributed by atoms with van der Waals surface area (Å²) in [5, 5.41) is 0. The summed E-state index contributed by atoms with van der Waals surface area (Å²) in [5.41, 5.74) is 0. The lowest BCUT2D eigenvalue weighted by Gasteiger charge is -1.74. The molecule has 0 amide bonds. The van der Waals surface area contributed by atoms with Gasteiger partial charge in [-0.3, -0.25) is 4.98 Å². The first kappa shape index (κ1) is 11.2. The molecule has 0 unspecified atom stereocenters. The van der Waals surface area contributed by atoms with Gasteiger partial charge in [0.1, 0.15) is 0 Å². The Labute approximate surface area is 79.1 Å². The van der Waals surface area contributed by atoms with E-state index in [-0.39, 0.29) is 0 Å². The van der Waals surface area contributed by atoms with E-state index in [1.54, 1.807) is 12.4 Å². The zero-order valence-corrected chi connectivity index (χ0v) is 8.04. The number of nitrogens with zero attached hydrogens (tertiary/aromatic N) is 1. The second-order valence-corrected chi connectivity index (χ2v) is 2.45. The van der Waals surface area contributed by atoms with Crippen LogP contribution in [0.5, 0.6) is 0 Å². The summed E-state index contributed by atoms with van der Waals surface area (Å²) in [4.78, 5) is 3.78. The third kappa shape index (κ3) is 9.18.